The van der Waals surface area contributed by atoms with E-state index in [9.17, 15) is 0 Å². The summed E-state index contributed by atoms with van der Waals surface area (Å²) in [6.45, 7) is 11.4. The van der Waals surface area contributed by atoms with Gasteiger partial charge < -0.3 is 4.48 Å². The fraction of sp³-hybridized carbons (Fsp3) is 0.600. The largest absolute Gasteiger partial charge is 0.429 e. The van der Waals surface area contributed by atoms with Gasteiger partial charge in [0, 0.05) is 9.41 Å². The van der Waals surface area contributed by atoms with Crippen LogP contribution in [0.2, 0.25) is 18.1 Å². The van der Waals surface area contributed by atoms with Gasteiger partial charge in [-0.3, -0.25) is 0 Å². The SMILES string of the molecule is CC(C)(C)[Si](C)(C)N1C=C(Br)C=C(Cl)B1Cl. The normalized spacial score (nSPS) is 18.5. The molecule has 16 heavy (non-hydrogen) atoms. The number of allylic oxidation sites excluding steroid dienone is 2. The van der Waals surface area contributed by atoms with Crippen molar-refractivity contribution >= 4 is 53.5 Å². The molecule has 1 aliphatic heterocycles. The molecule has 0 spiro atoms. The Kier molecular flexibility index (Phi) is 4.32. The van der Waals surface area contributed by atoms with Gasteiger partial charge in [-0.2, -0.15) is 11.5 Å². The Bertz CT molecular complexity index is 349. The minimum absolute atomic E-state index is 0.233. The molecule has 0 aliphatic carbocycles. The Balaban J connectivity index is 3.11. The number of hydrogen-bond acceptors (Lipinski definition) is 1. The molecular formula is C10H17BBrCl2NSi. The van der Waals surface area contributed by atoms with Crippen molar-refractivity contribution in [3.8, 4) is 0 Å². The molecule has 0 atom stereocenters. The number of rotatable bonds is 1. The third kappa shape index (κ3) is 2.71. The van der Waals surface area contributed by atoms with Crippen LogP contribution in [0.3, 0.4) is 0 Å². The van der Waals surface area contributed by atoms with Gasteiger partial charge >= 0.3 is 6.26 Å². The first-order valence-electron chi connectivity index (χ1n) is 5.24. The highest BCUT2D eigenvalue weighted by molar-refractivity contribution is 9.11. The zero-order valence-corrected chi connectivity index (χ0v) is 14.4. The van der Waals surface area contributed by atoms with Crippen molar-refractivity contribution in [3.63, 3.8) is 0 Å². The van der Waals surface area contributed by atoms with Gasteiger partial charge in [0.1, 0.15) is 8.24 Å². The lowest BCUT2D eigenvalue weighted by Gasteiger charge is -2.48. The Morgan fingerprint density at radius 3 is 2.31 bits per heavy atom. The van der Waals surface area contributed by atoms with Crippen LogP contribution in [0.1, 0.15) is 20.8 Å². The first-order valence-corrected chi connectivity index (χ1v) is 9.80. The number of nitrogens with zero attached hydrogens (tertiary/aromatic N) is 1. The van der Waals surface area contributed by atoms with Crippen molar-refractivity contribution in [2.45, 2.75) is 38.9 Å². The predicted molar refractivity (Wildman–Crippen MR) is 81.6 cm³/mol. The maximum absolute atomic E-state index is 6.38. The summed E-state index contributed by atoms with van der Waals surface area (Å²) in [5, 5.41) is 0.235. The van der Waals surface area contributed by atoms with Gasteiger partial charge in [-0.1, -0.05) is 45.5 Å². The van der Waals surface area contributed by atoms with Gasteiger partial charge in [0.25, 0.3) is 0 Å². The molecule has 0 fully saturated rings. The Labute approximate surface area is 118 Å². The fourth-order valence-electron chi connectivity index (χ4n) is 1.40. The molecule has 6 heteroatoms. The topological polar surface area (TPSA) is 3.24 Å². The van der Waals surface area contributed by atoms with E-state index in [1.807, 2.05) is 6.08 Å². The smallest absolute Gasteiger partial charge is 0.398 e. The van der Waals surface area contributed by atoms with Gasteiger partial charge in [0.2, 0.25) is 0 Å². The summed E-state index contributed by atoms with van der Waals surface area (Å²) in [4.78, 5) is 0.681. The van der Waals surface area contributed by atoms with Crippen molar-refractivity contribution < 1.29 is 0 Å². The van der Waals surface area contributed by atoms with Crippen molar-refractivity contribution in [1.29, 1.82) is 0 Å². The van der Waals surface area contributed by atoms with Crippen LogP contribution in [-0.2, 0) is 0 Å². The van der Waals surface area contributed by atoms with Gasteiger partial charge in [-0.15, -0.1) is 0 Å². The van der Waals surface area contributed by atoms with Crippen LogP contribution in [0.5, 0.6) is 0 Å². The summed E-state index contributed by atoms with van der Waals surface area (Å²) in [6.07, 6.45) is 3.70. The molecule has 1 heterocycles. The lowest BCUT2D eigenvalue weighted by atomic mass is 9.89. The monoisotopic (exact) mass is 339 g/mol. The zero-order chi connectivity index (χ0) is 12.7. The Hall–Kier alpha value is 0.622. The van der Waals surface area contributed by atoms with E-state index in [1.165, 1.54) is 0 Å². The maximum atomic E-state index is 6.38. The summed E-state index contributed by atoms with van der Waals surface area (Å²) >= 11 is 16.0. The maximum Gasteiger partial charge on any atom is 0.398 e. The van der Waals surface area contributed by atoms with Gasteiger partial charge in [0.05, 0.1) is 0 Å². The van der Waals surface area contributed by atoms with Crippen LogP contribution in [0.4, 0.5) is 0 Å². The molecule has 1 nitrogen and oxygen atoms in total. The average molecular weight is 341 g/mol. The van der Waals surface area contributed by atoms with Gasteiger partial charge in [-0.05, 0) is 33.2 Å². The van der Waals surface area contributed by atoms with Crippen molar-refractivity contribution in [2.24, 2.45) is 0 Å². The Morgan fingerprint density at radius 2 is 1.88 bits per heavy atom. The molecule has 0 aromatic carbocycles. The molecular weight excluding hydrogens is 324 g/mol. The van der Waals surface area contributed by atoms with E-state index in [1.54, 1.807) is 0 Å². The van der Waals surface area contributed by atoms with E-state index < -0.39 is 8.24 Å². The minimum atomic E-state index is -1.68. The van der Waals surface area contributed by atoms with Gasteiger partial charge in [-0.25, -0.2) is 0 Å². The van der Waals surface area contributed by atoms with Crippen LogP contribution in [0, 0.1) is 0 Å². The molecule has 0 bridgehead atoms. The summed E-state index contributed by atoms with van der Waals surface area (Å²) < 4.78 is 3.22. The third-order valence-electron chi connectivity index (χ3n) is 3.49. The standard InChI is InChI=1S/C10H17BBrCl2NSi/c1-10(2,3)16(4,5)15-7-8(12)6-9(13)11(15)14/h6-7H,1-5H3. The highest BCUT2D eigenvalue weighted by atomic mass is 79.9. The van der Waals surface area contributed by atoms with Crippen LogP contribution in [0.25, 0.3) is 0 Å². The quantitative estimate of drug-likeness (QED) is 0.611. The lowest BCUT2D eigenvalue weighted by Crippen LogP contribution is -2.57. The molecule has 1 aliphatic rings. The summed E-state index contributed by atoms with van der Waals surface area (Å²) in [6, 6.07) is 0. The number of halogens is 3. The molecule has 0 saturated carbocycles. The molecule has 0 aromatic rings. The van der Waals surface area contributed by atoms with E-state index in [0.717, 1.165) is 4.48 Å². The molecule has 0 aromatic heterocycles. The van der Waals surface area contributed by atoms with Crippen LogP contribution in [-0.4, -0.2) is 19.0 Å². The summed E-state index contributed by atoms with van der Waals surface area (Å²) in [5.74, 6) is 0. The molecule has 0 radical (unpaired) electrons. The van der Waals surface area contributed by atoms with Crippen LogP contribution < -0.4 is 0 Å². The van der Waals surface area contributed by atoms with E-state index in [4.69, 9.17) is 23.1 Å². The predicted octanol–water partition coefficient (Wildman–Crippen LogP) is 4.93. The van der Waals surface area contributed by atoms with E-state index >= 15 is 0 Å². The Morgan fingerprint density at radius 1 is 1.38 bits per heavy atom. The van der Waals surface area contributed by atoms with Crippen molar-refractivity contribution in [3.05, 3.63) is 21.7 Å². The first kappa shape index (κ1) is 14.7. The molecule has 0 saturated heterocycles. The molecule has 0 unspecified atom stereocenters. The average Bonchev–Trinajstić information content (AvgIpc) is 2.09. The van der Waals surface area contributed by atoms with Crippen molar-refractivity contribution in [1.82, 2.24) is 4.48 Å². The second-order valence-corrected chi connectivity index (χ2v) is 12.5. The second-order valence-electron chi connectivity index (χ2n) is 5.60. The van der Waals surface area contributed by atoms with Crippen molar-refractivity contribution in [2.75, 3.05) is 0 Å². The number of hydrogen-bond donors (Lipinski definition) is 0. The lowest BCUT2D eigenvalue weighted by molar-refractivity contribution is 0.655. The molecule has 90 valence electrons. The molecule has 0 N–H and O–H groups in total. The fourth-order valence-corrected chi connectivity index (χ4v) is 5.29. The first-order chi connectivity index (χ1) is 7.07. The van der Waals surface area contributed by atoms with Crippen LogP contribution >= 0.6 is 39.0 Å². The summed E-state index contributed by atoms with van der Waals surface area (Å²) in [7, 11) is -1.68. The van der Waals surface area contributed by atoms with Gasteiger partial charge in [0.15, 0.2) is 0 Å². The second kappa shape index (κ2) is 4.71. The third-order valence-corrected chi connectivity index (χ3v) is 10.3. The molecule has 1 rings (SSSR count). The van der Waals surface area contributed by atoms with E-state index in [2.05, 4.69) is 60.5 Å². The summed E-state index contributed by atoms with van der Waals surface area (Å²) in [5.41, 5.74) is 0. The van der Waals surface area contributed by atoms with E-state index in [-0.39, 0.29) is 11.3 Å². The zero-order valence-electron chi connectivity index (χ0n) is 10.3. The van der Waals surface area contributed by atoms with Crippen LogP contribution in [0.15, 0.2) is 21.7 Å². The van der Waals surface area contributed by atoms with E-state index in [0.29, 0.717) is 4.93 Å². The minimum Gasteiger partial charge on any atom is -0.429 e. The molecule has 0 amide bonds. The highest BCUT2D eigenvalue weighted by Crippen LogP contribution is 2.42. The highest BCUT2D eigenvalue weighted by Gasteiger charge is 2.45.